The van der Waals surface area contributed by atoms with Crippen molar-refractivity contribution in [3.05, 3.63) is 74.2 Å². The van der Waals surface area contributed by atoms with E-state index in [4.69, 9.17) is 9.16 Å². The number of ether oxygens (including phenoxy) is 1. The fraction of sp³-hybridized carbons (Fsp3) is 0.400. The highest BCUT2D eigenvalue weighted by Crippen LogP contribution is 2.28. The predicted octanol–water partition coefficient (Wildman–Crippen LogP) is 3.45. The van der Waals surface area contributed by atoms with E-state index in [0.29, 0.717) is 0 Å². The van der Waals surface area contributed by atoms with Crippen LogP contribution in [0.1, 0.15) is 24.2 Å². The SMILES string of the molecule is CCOC(=O)Cn1ccc(CC(O[Si](C)(C)C)c2ccccc2)c([N+](=O)[O-])c1=O. The molecule has 1 unspecified atom stereocenters. The van der Waals surface area contributed by atoms with E-state index in [0.717, 1.165) is 10.1 Å². The fourth-order valence-electron chi connectivity index (χ4n) is 2.95. The minimum absolute atomic E-state index is 0.167. The van der Waals surface area contributed by atoms with Gasteiger partial charge in [0.25, 0.3) is 0 Å². The van der Waals surface area contributed by atoms with Gasteiger partial charge < -0.3 is 9.16 Å². The molecule has 0 N–H and O–H groups in total. The molecule has 1 aromatic heterocycles. The third kappa shape index (κ3) is 6.36. The fourth-order valence-corrected chi connectivity index (χ4v) is 4.02. The summed E-state index contributed by atoms with van der Waals surface area (Å²) in [6.07, 6.45) is 1.15. The quantitative estimate of drug-likeness (QED) is 0.268. The van der Waals surface area contributed by atoms with Gasteiger partial charge in [-0.15, -0.1) is 0 Å². The Hall–Kier alpha value is -2.78. The van der Waals surface area contributed by atoms with Gasteiger partial charge in [-0.1, -0.05) is 30.3 Å². The summed E-state index contributed by atoms with van der Waals surface area (Å²) in [5, 5.41) is 11.7. The average molecular weight is 419 g/mol. The number of aromatic nitrogens is 1. The Balaban J connectivity index is 2.43. The normalized spacial score (nSPS) is 12.4. The summed E-state index contributed by atoms with van der Waals surface area (Å²) < 4.78 is 12.1. The molecule has 1 aromatic carbocycles. The third-order valence-corrected chi connectivity index (χ3v) is 5.07. The predicted molar refractivity (Wildman–Crippen MR) is 111 cm³/mol. The van der Waals surface area contributed by atoms with E-state index in [2.05, 4.69) is 0 Å². The van der Waals surface area contributed by atoms with E-state index in [1.165, 1.54) is 12.3 Å². The zero-order valence-electron chi connectivity index (χ0n) is 17.1. The van der Waals surface area contributed by atoms with Crippen LogP contribution in [0, 0.1) is 10.1 Å². The molecule has 0 aliphatic heterocycles. The molecule has 0 aliphatic carbocycles. The molecule has 0 radical (unpaired) electrons. The summed E-state index contributed by atoms with van der Waals surface area (Å²) in [5.41, 5.74) is -0.218. The first kappa shape index (κ1) is 22.5. The van der Waals surface area contributed by atoms with E-state index in [-0.39, 0.29) is 25.1 Å². The second-order valence-corrected chi connectivity index (χ2v) is 12.0. The van der Waals surface area contributed by atoms with Crippen LogP contribution in [0.4, 0.5) is 5.69 Å². The molecule has 9 heteroatoms. The van der Waals surface area contributed by atoms with Crippen LogP contribution in [0.5, 0.6) is 0 Å². The number of benzene rings is 1. The number of esters is 1. The van der Waals surface area contributed by atoms with Crippen molar-refractivity contribution >= 4 is 20.0 Å². The average Bonchev–Trinajstić information content (AvgIpc) is 2.63. The maximum atomic E-state index is 12.7. The molecule has 156 valence electrons. The zero-order valence-corrected chi connectivity index (χ0v) is 18.1. The summed E-state index contributed by atoms with van der Waals surface area (Å²) in [5.74, 6) is -0.624. The van der Waals surface area contributed by atoms with Gasteiger partial charge in [-0.3, -0.25) is 24.3 Å². The van der Waals surface area contributed by atoms with E-state index in [1.54, 1.807) is 6.92 Å². The Labute approximate surface area is 170 Å². The number of pyridine rings is 1. The zero-order chi connectivity index (χ0) is 21.6. The Kier molecular flexibility index (Phi) is 7.46. The largest absolute Gasteiger partial charge is 0.465 e. The van der Waals surface area contributed by atoms with Crippen molar-refractivity contribution in [1.82, 2.24) is 4.57 Å². The van der Waals surface area contributed by atoms with Gasteiger partial charge >= 0.3 is 17.2 Å². The molecule has 0 saturated heterocycles. The number of carbonyl (C=O) groups is 1. The summed E-state index contributed by atoms with van der Waals surface area (Å²) in [7, 11) is -1.97. The van der Waals surface area contributed by atoms with Gasteiger partial charge in [-0.2, -0.15) is 0 Å². The summed E-state index contributed by atoms with van der Waals surface area (Å²) in [6, 6.07) is 10.9. The van der Waals surface area contributed by atoms with E-state index >= 15 is 0 Å². The van der Waals surface area contributed by atoms with Gasteiger partial charge in [-0.05, 0) is 38.2 Å². The highest BCUT2D eigenvalue weighted by atomic mass is 28.4. The standard InChI is InChI=1S/C20H26N2O6Si/c1-5-27-18(23)14-21-12-11-16(19(20(21)24)22(25)26)13-17(28-29(2,3)4)15-9-7-6-8-10-15/h6-12,17H,5,13-14H2,1-4H3. The van der Waals surface area contributed by atoms with Crippen molar-refractivity contribution in [2.75, 3.05) is 6.61 Å². The minimum Gasteiger partial charge on any atom is -0.465 e. The van der Waals surface area contributed by atoms with E-state index in [9.17, 15) is 19.7 Å². The van der Waals surface area contributed by atoms with Crippen molar-refractivity contribution in [1.29, 1.82) is 0 Å². The Morgan fingerprint density at radius 1 is 1.21 bits per heavy atom. The molecule has 1 heterocycles. The monoisotopic (exact) mass is 418 g/mol. The van der Waals surface area contributed by atoms with Crippen molar-refractivity contribution < 1.29 is 18.9 Å². The van der Waals surface area contributed by atoms with E-state index in [1.807, 2.05) is 50.0 Å². The minimum atomic E-state index is -1.97. The molecule has 0 bridgehead atoms. The van der Waals surface area contributed by atoms with Gasteiger partial charge in [-0.25, -0.2) is 0 Å². The number of nitrogens with zero attached hydrogens (tertiary/aromatic N) is 2. The second-order valence-electron chi connectivity index (χ2n) is 7.52. The van der Waals surface area contributed by atoms with Crippen molar-refractivity contribution in [2.24, 2.45) is 0 Å². The van der Waals surface area contributed by atoms with Gasteiger partial charge in [0.1, 0.15) is 6.54 Å². The number of rotatable bonds is 9. The highest BCUT2D eigenvalue weighted by Gasteiger charge is 2.28. The van der Waals surface area contributed by atoms with Crippen LogP contribution < -0.4 is 5.56 Å². The molecule has 0 aliphatic rings. The van der Waals surface area contributed by atoms with Crippen LogP contribution in [0.3, 0.4) is 0 Å². The lowest BCUT2D eigenvalue weighted by molar-refractivity contribution is -0.387. The smallest absolute Gasteiger partial charge is 0.337 e. The molecule has 8 nitrogen and oxygen atoms in total. The molecule has 2 rings (SSSR count). The number of hydrogen-bond donors (Lipinski definition) is 0. The van der Waals surface area contributed by atoms with E-state index < -0.39 is 36.6 Å². The summed E-state index contributed by atoms with van der Waals surface area (Å²) in [6.45, 7) is 7.55. The second kappa shape index (κ2) is 9.62. The number of nitro groups is 1. The highest BCUT2D eigenvalue weighted by molar-refractivity contribution is 6.69. The van der Waals surface area contributed by atoms with Crippen molar-refractivity contribution in [2.45, 2.75) is 45.6 Å². The molecule has 0 saturated carbocycles. The first-order chi connectivity index (χ1) is 13.6. The topological polar surface area (TPSA) is 101 Å². The van der Waals surface area contributed by atoms with Gasteiger partial charge in [0.2, 0.25) is 0 Å². The lowest BCUT2D eigenvalue weighted by Gasteiger charge is -2.27. The molecule has 1 atom stereocenters. The van der Waals surface area contributed by atoms with Crippen molar-refractivity contribution in [3.63, 3.8) is 0 Å². The molecule has 0 amide bonds. The lowest BCUT2D eigenvalue weighted by atomic mass is 10.0. The Bertz CT molecular complexity index is 921. The van der Waals surface area contributed by atoms with Crippen LogP contribution in [-0.2, 0) is 26.9 Å². The van der Waals surface area contributed by atoms with Gasteiger partial charge in [0.15, 0.2) is 8.32 Å². The molecule has 2 aromatic rings. The number of hydrogen-bond acceptors (Lipinski definition) is 6. The number of carbonyl (C=O) groups excluding carboxylic acids is 1. The van der Waals surface area contributed by atoms with Crippen LogP contribution in [0.25, 0.3) is 0 Å². The van der Waals surface area contributed by atoms with Gasteiger partial charge in [0, 0.05) is 18.2 Å². The van der Waals surface area contributed by atoms with Crippen LogP contribution in [-0.4, -0.2) is 30.4 Å². The Morgan fingerprint density at radius 2 is 1.86 bits per heavy atom. The van der Waals surface area contributed by atoms with Crippen LogP contribution in [0.2, 0.25) is 19.6 Å². The maximum absolute atomic E-state index is 12.7. The first-order valence-corrected chi connectivity index (χ1v) is 12.8. The molecular formula is C20H26N2O6Si. The van der Waals surface area contributed by atoms with Crippen molar-refractivity contribution in [3.8, 4) is 0 Å². The van der Waals surface area contributed by atoms with Crippen LogP contribution >= 0.6 is 0 Å². The summed E-state index contributed by atoms with van der Waals surface area (Å²) >= 11 is 0. The lowest BCUT2D eigenvalue weighted by Crippen LogP contribution is -2.30. The molecule has 29 heavy (non-hydrogen) atoms. The maximum Gasteiger partial charge on any atom is 0.337 e. The summed E-state index contributed by atoms with van der Waals surface area (Å²) in [4.78, 5) is 35.3. The van der Waals surface area contributed by atoms with Gasteiger partial charge in [0.05, 0.1) is 17.6 Å². The molecular weight excluding hydrogens is 392 g/mol. The molecule has 0 fully saturated rings. The third-order valence-electron chi connectivity index (χ3n) is 4.08. The first-order valence-electron chi connectivity index (χ1n) is 9.37. The molecule has 0 spiro atoms. The van der Waals surface area contributed by atoms with Crippen LogP contribution in [0.15, 0.2) is 47.4 Å². The Morgan fingerprint density at radius 3 is 2.41 bits per heavy atom.